The Kier molecular flexibility index (Phi) is 2.71. The number of imide groups is 1. The average molecular weight is 234 g/mol. The van der Waals surface area contributed by atoms with Crippen molar-refractivity contribution in [3.63, 3.8) is 0 Å². The number of nitrogens with zero attached hydrogens (tertiary/aromatic N) is 2. The number of aromatic nitrogens is 1. The second-order valence-electron chi connectivity index (χ2n) is 4.06. The van der Waals surface area contributed by atoms with Gasteiger partial charge in [0.2, 0.25) is 5.91 Å². The van der Waals surface area contributed by atoms with Crippen LogP contribution in [0.5, 0.6) is 0 Å². The molecule has 1 fully saturated rings. The summed E-state index contributed by atoms with van der Waals surface area (Å²) in [5.74, 6) is 0.143. The molecular formula is C11H14N4O2. The molecule has 0 aliphatic carbocycles. The SMILES string of the molecule is Cc1nc(NC2CC(=O)N(C)C2=O)ccc1N. The van der Waals surface area contributed by atoms with Crippen molar-refractivity contribution in [1.82, 2.24) is 9.88 Å². The van der Waals surface area contributed by atoms with E-state index in [1.165, 1.54) is 7.05 Å². The van der Waals surface area contributed by atoms with Crippen LogP contribution in [0.15, 0.2) is 12.1 Å². The molecule has 0 radical (unpaired) electrons. The minimum atomic E-state index is -0.525. The van der Waals surface area contributed by atoms with E-state index in [2.05, 4.69) is 10.3 Å². The standard InChI is InChI=1S/C11H14N4O2/c1-6-7(12)3-4-9(13-6)14-8-5-10(16)15(2)11(8)17/h3-4,8H,5,12H2,1-2H3,(H,13,14). The number of hydrogen-bond donors (Lipinski definition) is 2. The van der Waals surface area contributed by atoms with Crippen molar-refractivity contribution in [3.05, 3.63) is 17.8 Å². The number of nitrogen functional groups attached to an aromatic ring is 1. The third-order valence-electron chi connectivity index (χ3n) is 2.83. The molecule has 2 heterocycles. The van der Waals surface area contributed by atoms with Crippen LogP contribution in [0.2, 0.25) is 0 Å². The van der Waals surface area contributed by atoms with Gasteiger partial charge in [0.05, 0.1) is 17.8 Å². The average Bonchev–Trinajstić information content (AvgIpc) is 2.52. The van der Waals surface area contributed by atoms with Crippen molar-refractivity contribution in [3.8, 4) is 0 Å². The number of nitrogens with one attached hydrogen (secondary N) is 1. The van der Waals surface area contributed by atoms with Crippen LogP contribution in [0.1, 0.15) is 12.1 Å². The first kappa shape index (κ1) is 11.4. The first-order valence-electron chi connectivity index (χ1n) is 5.29. The first-order valence-corrected chi connectivity index (χ1v) is 5.29. The first-order chi connectivity index (χ1) is 7.99. The van der Waals surface area contributed by atoms with Crippen molar-refractivity contribution < 1.29 is 9.59 Å². The normalized spacial score (nSPS) is 19.9. The maximum absolute atomic E-state index is 11.7. The number of pyridine rings is 1. The van der Waals surface area contributed by atoms with E-state index in [1.807, 2.05) is 0 Å². The van der Waals surface area contributed by atoms with E-state index in [1.54, 1.807) is 19.1 Å². The van der Waals surface area contributed by atoms with Gasteiger partial charge in [0, 0.05) is 7.05 Å². The van der Waals surface area contributed by atoms with Gasteiger partial charge in [0.1, 0.15) is 11.9 Å². The summed E-state index contributed by atoms with van der Waals surface area (Å²) in [4.78, 5) is 28.3. The number of amides is 2. The third kappa shape index (κ3) is 2.06. The molecule has 1 aromatic rings. The number of likely N-dealkylation sites (tertiary alicyclic amines) is 1. The summed E-state index contributed by atoms with van der Waals surface area (Å²) in [6.45, 7) is 1.79. The summed E-state index contributed by atoms with van der Waals surface area (Å²) in [6.07, 6.45) is 0.167. The molecule has 6 nitrogen and oxygen atoms in total. The number of likely N-dealkylation sites (N-methyl/N-ethyl adjacent to an activating group) is 1. The lowest BCUT2D eigenvalue weighted by molar-refractivity contribution is -0.136. The lowest BCUT2D eigenvalue weighted by atomic mass is 10.2. The zero-order valence-electron chi connectivity index (χ0n) is 9.73. The number of carbonyl (C=O) groups is 2. The Morgan fingerprint density at radius 2 is 2.18 bits per heavy atom. The smallest absolute Gasteiger partial charge is 0.251 e. The molecule has 1 aliphatic rings. The number of carbonyl (C=O) groups excluding carboxylic acids is 2. The molecular weight excluding hydrogens is 220 g/mol. The Labute approximate surface area is 98.8 Å². The second-order valence-corrected chi connectivity index (χ2v) is 4.06. The van der Waals surface area contributed by atoms with E-state index in [0.717, 1.165) is 4.90 Å². The third-order valence-corrected chi connectivity index (χ3v) is 2.83. The molecule has 2 rings (SSSR count). The van der Waals surface area contributed by atoms with Crippen molar-refractivity contribution >= 4 is 23.3 Å². The van der Waals surface area contributed by atoms with Crippen molar-refractivity contribution in [2.75, 3.05) is 18.1 Å². The molecule has 17 heavy (non-hydrogen) atoms. The molecule has 1 atom stereocenters. The number of nitrogens with two attached hydrogens (primary N) is 1. The molecule has 0 saturated carbocycles. The summed E-state index contributed by atoms with van der Waals surface area (Å²) >= 11 is 0. The Morgan fingerprint density at radius 1 is 1.47 bits per heavy atom. The van der Waals surface area contributed by atoms with Crippen molar-refractivity contribution in [2.24, 2.45) is 0 Å². The van der Waals surface area contributed by atoms with Crippen LogP contribution in [0, 0.1) is 6.92 Å². The zero-order valence-corrected chi connectivity index (χ0v) is 9.73. The highest BCUT2D eigenvalue weighted by Gasteiger charge is 2.36. The van der Waals surface area contributed by atoms with Gasteiger partial charge < -0.3 is 11.1 Å². The van der Waals surface area contributed by atoms with Gasteiger partial charge in [0.15, 0.2) is 0 Å². The Balaban J connectivity index is 2.14. The van der Waals surface area contributed by atoms with E-state index in [4.69, 9.17) is 5.73 Å². The number of rotatable bonds is 2. The fourth-order valence-corrected chi connectivity index (χ4v) is 1.70. The fraction of sp³-hybridized carbons (Fsp3) is 0.364. The summed E-state index contributed by atoms with van der Waals surface area (Å²) in [6, 6.07) is 2.89. The summed E-state index contributed by atoms with van der Waals surface area (Å²) in [5, 5.41) is 2.94. The van der Waals surface area contributed by atoms with Crippen LogP contribution in [-0.2, 0) is 9.59 Å². The molecule has 0 bridgehead atoms. The number of hydrogen-bond acceptors (Lipinski definition) is 5. The molecule has 1 aromatic heterocycles. The highest BCUT2D eigenvalue weighted by atomic mass is 16.2. The minimum Gasteiger partial charge on any atom is -0.397 e. The Morgan fingerprint density at radius 3 is 2.71 bits per heavy atom. The van der Waals surface area contributed by atoms with Crippen LogP contribution in [0.3, 0.4) is 0 Å². The fourth-order valence-electron chi connectivity index (χ4n) is 1.70. The van der Waals surface area contributed by atoms with Gasteiger partial charge in [-0.2, -0.15) is 0 Å². The molecule has 1 aliphatic heterocycles. The van der Waals surface area contributed by atoms with Crippen molar-refractivity contribution in [1.29, 1.82) is 0 Å². The Hall–Kier alpha value is -2.11. The monoisotopic (exact) mass is 234 g/mol. The van der Waals surface area contributed by atoms with E-state index < -0.39 is 6.04 Å². The molecule has 1 unspecified atom stereocenters. The zero-order chi connectivity index (χ0) is 12.6. The van der Waals surface area contributed by atoms with Gasteiger partial charge in [-0.1, -0.05) is 0 Å². The minimum absolute atomic E-state index is 0.167. The maximum Gasteiger partial charge on any atom is 0.251 e. The molecule has 0 spiro atoms. The molecule has 2 amide bonds. The number of aryl methyl sites for hydroxylation is 1. The Bertz CT molecular complexity index is 486. The lowest BCUT2D eigenvalue weighted by Gasteiger charge is -2.12. The summed E-state index contributed by atoms with van der Waals surface area (Å²) < 4.78 is 0. The molecule has 0 aromatic carbocycles. The van der Waals surface area contributed by atoms with Crippen LogP contribution in [0.4, 0.5) is 11.5 Å². The van der Waals surface area contributed by atoms with Gasteiger partial charge in [-0.3, -0.25) is 14.5 Å². The largest absolute Gasteiger partial charge is 0.397 e. The molecule has 3 N–H and O–H groups in total. The molecule has 90 valence electrons. The topological polar surface area (TPSA) is 88.3 Å². The predicted octanol–water partition coefficient (Wildman–Crippen LogP) is 0.141. The second kappa shape index (κ2) is 4.04. The summed E-state index contributed by atoms with van der Waals surface area (Å²) in [5.41, 5.74) is 6.94. The highest BCUT2D eigenvalue weighted by Crippen LogP contribution is 2.17. The maximum atomic E-state index is 11.7. The van der Waals surface area contributed by atoms with Gasteiger partial charge in [-0.05, 0) is 19.1 Å². The van der Waals surface area contributed by atoms with E-state index in [0.29, 0.717) is 17.2 Å². The quantitative estimate of drug-likeness (QED) is 0.711. The summed E-state index contributed by atoms with van der Waals surface area (Å²) in [7, 11) is 1.48. The lowest BCUT2D eigenvalue weighted by Crippen LogP contribution is -2.32. The van der Waals surface area contributed by atoms with Crippen LogP contribution >= 0.6 is 0 Å². The van der Waals surface area contributed by atoms with Crippen LogP contribution in [-0.4, -0.2) is 34.8 Å². The van der Waals surface area contributed by atoms with Gasteiger partial charge in [0.25, 0.3) is 5.91 Å². The van der Waals surface area contributed by atoms with Gasteiger partial charge >= 0.3 is 0 Å². The van der Waals surface area contributed by atoms with Crippen LogP contribution in [0.25, 0.3) is 0 Å². The number of anilines is 2. The van der Waals surface area contributed by atoms with E-state index in [9.17, 15) is 9.59 Å². The van der Waals surface area contributed by atoms with E-state index in [-0.39, 0.29) is 18.2 Å². The molecule has 1 saturated heterocycles. The van der Waals surface area contributed by atoms with Crippen molar-refractivity contribution in [2.45, 2.75) is 19.4 Å². The molecule has 6 heteroatoms. The highest BCUT2D eigenvalue weighted by molar-refractivity contribution is 6.06. The van der Waals surface area contributed by atoms with Gasteiger partial charge in [-0.25, -0.2) is 4.98 Å². The van der Waals surface area contributed by atoms with Gasteiger partial charge in [-0.15, -0.1) is 0 Å². The van der Waals surface area contributed by atoms with E-state index >= 15 is 0 Å². The predicted molar refractivity (Wildman–Crippen MR) is 63.2 cm³/mol. The van der Waals surface area contributed by atoms with Crippen LogP contribution < -0.4 is 11.1 Å².